The predicted octanol–water partition coefficient (Wildman–Crippen LogP) is 3.75. The summed E-state index contributed by atoms with van der Waals surface area (Å²) in [4.78, 5) is 16.6. The maximum atomic E-state index is 11.9. The summed E-state index contributed by atoms with van der Waals surface area (Å²) in [6, 6.07) is 4.24. The van der Waals surface area contributed by atoms with Crippen LogP contribution in [0.4, 0.5) is 0 Å². The van der Waals surface area contributed by atoms with Crippen LogP contribution in [0.5, 0.6) is 0 Å². The summed E-state index contributed by atoms with van der Waals surface area (Å²) >= 11 is 0. The van der Waals surface area contributed by atoms with Gasteiger partial charge in [0, 0.05) is 25.6 Å². The molecule has 1 fully saturated rings. The van der Waals surface area contributed by atoms with Crippen molar-refractivity contribution in [3.05, 3.63) is 24.2 Å². The molecule has 1 saturated carbocycles. The number of halogens is 1. The molecule has 0 saturated heterocycles. The van der Waals surface area contributed by atoms with Gasteiger partial charge in [0.25, 0.3) is 0 Å². The van der Waals surface area contributed by atoms with Gasteiger partial charge in [0.2, 0.25) is 0 Å². The molecule has 1 aliphatic rings. The fourth-order valence-corrected chi connectivity index (χ4v) is 3.11. The van der Waals surface area contributed by atoms with E-state index in [1.54, 1.807) is 6.26 Å². The monoisotopic (exact) mass is 491 g/mol. The van der Waals surface area contributed by atoms with Crippen LogP contribution < -0.4 is 10.6 Å². The lowest BCUT2D eigenvalue weighted by Gasteiger charge is -2.29. The fraction of sp³-hybridized carbons (Fsp3) is 0.700. The van der Waals surface area contributed by atoms with Gasteiger partial charge in [-0.25, -0.2) is 0 Å². The Hall–Kier alpha value is -1.25. The zero-order valence-electron chi connectivity index (χ0n) is 16.7. The van der Waals surface area contributed by atoms with Crippen LogP contribution >= 0.6 is 24.0 Å². The van der Waals surface area contributed by atoms with Gasteiger partial charge >= 0.3 is 5.97 Å². The third-order valence-electron chi connectivity index (χ3n) is 4.55. The highest BCUT2D eigenvalue weighted by Gasteiger charge is 2.27. The quantitative estimate of drug-likeness (QED) is 0.251. The van der Waals surface area contributed by atoms with Crippen molar-refractivity contribution in [2.45, 2.75) is 58.9 Å². The SMILES string of the molecule is CCOC(=O)C1CCC(NC(=NCC(C)C)NCCc2ccco2)CC1.I. The Kier molecular flexibility index (Phi) is 11.5. The van der Waals surface area contributed by atoms with E-state index in [4.69, 9.17) is 14.1 Å². The lowest BCUT2D eigenvalue weighted by Crippen LogP contribution is -2.46. The fourth-order valence-electron chi connectivity index (χ4n) is 3.11. The number of aliphatic imine (C=N–C) groups is 1. The normalized spacial score (nSPS) is 20.1. The van der Waals surface area contributed by atoms with Crippen LogP contribution in [0.25, 0.3) is 0 Å². The Bertz CT molecular complexity index is 553. The van der Waals surface area contributed by atoms with Crippen molar-refractivity contribution in [1.29, 1.82) is 0 Å². The number of rotatable bonds is 8. The van der Waals surface area contributed by atoms with Crippen LogP contribution in [0.2, 0.25) is 0 Å². The smallest absolute Gasteiger partial charge is 0.308 e. The Morgan fingerprint density at radius 1 is 1.33 bits per heavy atom. The topological polar surface area (TPSA) is 75.9 Å². The molecule has 0 atom stereocenters. The molecule has 0 radical (unpaired) electrons. The molecule has 0 spiro atoms. The minimum Gasteiger partial charge on any atom is -0.469 e. The van der Waals surface area contributed by atoms with Crippen molar-refractivity contribution in [3.8, 4) is 0 Å². The average Bonchev–Trinajstić information content (AvgIpc) is 3.13. The number of hydrogen-bond donors (Lipinski definition) is 2. The Morgan fingerprint density at radius 2 is 2.07 bits per heavy atom. The first-order chi connectivity index (χ1) is 12.6. The molecular weight excluding hydrogens is 457 g/mol. The third-order valence-corrected chi connectivity index (χ3v) is 4.55. The van der Waals surface area contributed by atoms with Crippen LogP contribution in [0.15, 0.2) is 27.8 Å². The number of nitrogens with zero attached hydrogens (tertiary/aromatic N) is 1. The molecule has 2 rings (SSSR count). The van der Waals surface area contributed by atoms with Gasteiger partial charge in [-0.2, -0.15) is 0 Å². The van der Waals surface area contributed by atoms with E-state index in [0.717, 1.165) is 56.9 Å². The molecule has 0 amide bonds. The van der Waals surface area contributed by atoms with Crippen molar-refractivity contribution < 1.29 is 13.9 Å². The summed E-state index contributed by atoms with van der Waals surface area (Å²) in [7, 11) is 0. The second-order valence-electron chi connectivity index (χ2n) is 7.28. The van der Waals surface area contributed by atoms with Gasteiger partial charge in [-0.1, -0.05) is 13.8 Å². The number of esters is 1. The zero-order valence-corrected chi connectivity index (χ0v) is 19.0. The van der Waals surface area contributed by atoms with Gasteiger partial charge in [-0.3, -0.25) is 9.79 Å². The number of furan rings is 1. The van der Waals surface area contributed by atoms with E-state index in [1.807, 2.05) is 19.1 Å². The highest BCUT2D eigenvalue weighted by Crippen LogP contribution is 2.25. The van der Waals surface area contributed by atoms with Gasteiger partial charge in [-0.05, 0) is 50.7 Å². The van der Waals surface area contributed by atoms with Gasteiger partial charge in [-0.15, -0.1) is 24.0 Å². The van der Waals surface area contributed by atoms with Crippen LogP contribution in [0.3, 0.4) is 0 Å². The first-order valence-corrected chi connectivity index (χ1v) is 9.82. The van der Waals surface area contributed by atoms with Gasteiger partial charge < -0.3 is 19.8 Å². The van der Waals surface area contributed by atoms with E-state index in [2.05, 4.69) is 24.5 Å². The van der Waals surface area contributed by atoms with Crippen LogP contribution in [-0.4, -0.2) is 37.7 Å². The second-order valence-corrected chi connectivity index (χ2v) is 7.28. The molecule has 2 N–H and O–H groups in total. The van der Waals surface area contributed by atoms with Crippen molar-refractivity contribution in [2.75, 3.05) is 19.7 Å². The number of ether oxygens (including phenoxy) is 1. The summed E-state index contributed by atoms with van der Waals surface area (Å²) in [5.74, 6) is 2.34. The second kappa shape index (κ2) is 13.0. The molecule has 154 valence electrons. The number of carbonyl (C=O) groups excluding carboxylic acids is 1. The Balaban J connectivity index is 0.00000364. The molecule has 0 bridgehead atoms. The molecule has 1 aromatic rings. The third kappa shape index (κ3) is 8.99. The maximum absolute atomic E-state index is 11.9. The van der Waals surface area contributed by atoms with E-state index < -0.39 is 0 Å². The van der Waals surface area contributed by atoms with Gasteiger partial charge in [0.15, 0.2) is 5.96 Å². The van der Waals surface area contributed by atoms with Crippen molar-refractivity contribution >= 4 is 35.9 Å². The predicted molar refractivity (Wildman–Crippen MR) is 118 cm³/mol. The van der Waals surface area contributed by atoms with Crippen molar-refractivity contribution in [1.82, 2.24) is 10.6 Å². The first kappa shape index (κ1) is 23.8. The van der Waals surface area contributed by atoms with E-state index in [9.17, 15) is 4.79 Å². The summed E-state index contributed by atoms with van der Waals surface area (Å²) < 4.78 is 10.5. The van der Waals surface area contributed by atoms with E-state index >= 15 is 0 Å². The molecule has 1 aliphatic carbocycles. The minimum absolute atomic E-state index is 0. The molecule has 1 heterocycles. The van der Waals surface area contributed by atoms with Crippen LogP contribution in [0.1, 0.15) is 52.2 Å². The summed E-state index contributed by atoms with van der Waals surface area (Å²) in [5.41, 5.74) is 0. The van der Waals surface area contributed by atoms with E-state index in [0.29, 0.717) is 18.6 Å². The molecule has 27 heavy (non-hydrogen) atoms. The number of guanidine groups is 1. The maximum Gasteiger partial charge on any atom is 0.308 e. The number of hydrogen-bond acceptors (Lipinski definition) is 4. The number of nitrogens with one attached hydrogen (secondary N) is 2. The first-order valence-electron chi connectivity index (χ1n) is 9.82. The zero-order chi connectivity index (χ0) is 18.8. The van der Waals surface area contributed by atoms with Crippen molar-refractivity contribution in [3.63, 3.8) is 0 Å². The Morgan fingerprint density at radius 3 is 2.67 bits per heavy atom. The highest BCUT2D eigenvalue weighted by molar-refractivity contribution is 14.0. The molecule has 0 aliphatic heterocycles. The van der Waals surface area contributed by atoms with E-state index in [1.165, 1.54) is 0 Å². The Labute approximate surface area is 179 Å². The van der Waals surface area contributed by atoms with Gasteiger partial charge in [0.1, 0.15) is 5.76 Å². The number of carbonyl (C=O) groups is 1. The van der Waals surface area contributed by atoms with Crippen molar-refractivity contribution in [2.24, 2.45) is 16.8 Å². The summed E-state index contributed by atoms with van der Waals surface area (Å²) in [6.07, 6.45) is 6.20. The molecule has 0 aromatic carbocycles. The molecule has 0 unspecified atom stereocenters. The van der Waals surface area contributed by atoms with Crippen LogP contribution in [0, 0.1) is 11.8 Å². The molecule has 7 heteroatoms. The largest absolute Gasteiger partial charge is 0.469 e. The lowest BCUT2D eigenvalue weighted by molar-refractivity contribution is -0.149. The standard InChI is InChI=1S/C20H33N3O3.HI/c1-4-25-19(24)16-7-9-17(10-8-16)23-20(22-14-15(2)3)21-12-11-18-6-5-13-26-18;/h5-6,13,15-17H,4,7-12,14H2,1-3H3,(H2,21,22,23);1H. The minimum atomic E-state index is -0.0452. The average molecular weight is 491 g/mol. The van der Waals surface area contributed by atoms with E-state index in [-0.39, 0.29) is 35.9 Å². The summed E-state index contributed by atoms with van der Waals surface area (Å²) in [5, 5.41) is 6.94. The summed E-state index contributed by atoms with van der Waals surface area (Å²) in [6.45, 7) is 8.20. The highest BCUT2D eigenvalue weighted by atomic mass is 127. The molecule has 6 nitrogen and oxygen atoms in total. The van der Waals surface area contributed by atoms with Crippen LogP contribution in [-0.2, 0) is 16.0 Å². The lowest BCUT2D eigenvalue weighted by atomic mass is 9.86. The molecule has 1 aromatic heterocycles. The van der Waals surface area contributed by atoms with Gasteiger partial charge in [0.05, 0.1) is 18.8 Å². The molecular formula is C20H34IN3O3.